The minimum Gasteiger partial charge on any atom is -0.466 e. The first-order chi connectivity index (χ1) is 48.0. The van der Waals surface area contributed by atoms with Crippen molar-refractivity contribution in [3.05, 3.63) is 60.8 Å². The molecule has 570 valence electrons. The van der Waals surface area contributed by atoms with Crippen LogP contribution in [0.2, 0.25) is 0 Å². The summed E-state index contributed by atoms with van der Waals surface area (Å²) >= 11 is 0. The standard InChI is InChI=1S/C91H171NO5/c1-3-5-7-9-11-13-15-17-19-21-22-23-24-40-43-46-49-52-55-59-63-67-71-75-79-83-89(94)88(87-93)92-90(95)84-80-76-72-68-64-60-56-53-50-47-44-41-38-36-34-32-30-28-26-25-27-29-31-33-35-37-39-42-45-48-51-54-58-62-66-70-74-78-82-86-97-91(96)85-81-77-73-69-65-61-57-20-18-16-14-12-10-8-6-4-2/h14,16,20,25-26,29,31,57,79,83,88-89,93-94H,3-13,15,17-19,21-24,27-28,30,32-56,58-78,80-82,84-87H2,1-2H3,(H,92,95)/b16-14-,26-25-,31-29-,57-20-,83-79+. The Morgan fingerprint density at radius 2 is 0.515 bits per heavy atom. The van der Waals surface area contributed by atoms with Crippen molar-refractivity contribution in [2.75, 3.05) is 13.2 Å². The van der Waals surface area contributed by atoms with Gasteiger partial charge in [0.15, 0.2) is 0 Å². The van der Waals surface area contributed by atoms with E-state index in [0.29, 0.717) is 19.4 Å². The Balaban J connectivity index is 3.38. The Bertz CT molecular complexity index is 1670. The van der Waals surface area contributed by atoms with Gasteiger partial charge in [0.2, 0.25) is 5.91 Å². The number of esters is 1. The van der Waals surface area contributed by atoms with E-state index < -0.39 is 12.1 Å². The molecule has 0 spiro atoms. The van der Waals surface area contributed by atoms with E-state index in [1.165, 1.54) is 398 Å². The molecule has 3 N–H and O–H groups in total. The molecule has 0 saturated heterocycles. The topological polar surface area (TPSA) is 95.9 Å². The summed E-state index contributed by atoms with van der Waals surface area (Å²) in [6.45, 7) is 4.93. The molecule has 0 heterocycles. The van der Waals surface area contributed by atoms with Gasteiger partial charge in [-0.15, -0.1) is 0 Å². The van der Waals surface area contributed by atoms with E-state index in [9.17, 15) is 19.8 Å². The number of ether oxygens (including phenoxy) is 1. The van der Waals surface area contributed by atoms with Crippen LogP contribution < -0.4 is 5.32 Å². The van der Waals surface area contributed by atoms with Crippen LogP contribution in [0.1, 0.15) is 483 Å². The van der Waals surface area contributed by atoms with Gasteiger partial charge in [0, 0.05) is 12.8 Å². The Morgan fingerprint density at radius 3 is 0.794 bits per heavy atom. The molecule has 0 aromatic carbocycles. The largest absolute Gasteiger partial charge is 0.466 e. The van der Waals surface area contributed by atoms with Gasteiger partial charge in [-0.25, -0.2) is 0 Å². The van der Waals surface area contributed by atoms with Crippen molar-refractivity contribution in [2.24, 2.45) is 0 Å². The molecule has 0 bridgehead atoms. The van der Waals surface area contributed by atoms with Crippen LogP contribution >= 0.6 is 0 Å². The zero-order chi connectivity index (χ0) is 69.8. The highest BCUT2D eigenvalue weighted by Crippen LogP contribution is 2.20. The number of hydrogen-bond acceptors (Lipinski definition) is 5. The zero-order valence-corrected chi connectivity index (χ0v) is 65.6. The smallest absolute Gasteiger partial charge is 0.305 e. The number of nitrogens with one attached hydrogen (secondary N) is 1. The van der Waals surface area contributed by atoms with Crippen molar-refractivity contribution < 1.29 is 24.5 Å². The second-order valence-electron chi connectivity index (χ2n) is 30.2. The second kappa shape index (κ2) is 86.0. The van der Waals surface area contributed by atoms with Crippen LogP contribution in [-0.4, -0.2) is 47.4 Å². The lowest BCUT2D eigenvalue weighted by Crippen LogP contribution is -2.45. The predicted octanol–water partition coefficient (Wildman–Crippen LogP) is 29.7. The summed E-state index contributed by atoms with van der Waals surface area (Å²) in [5.41, 5.74) is 0. The SMILES string of the molecule is CCCCCC/C=C\C/C=C\CCCCCCCC(=O)OCCCCCCCCCCCCCCCCC/C=C\C/C=C\CCCCCCCCCCCCCCCCCCCC(=O)NC(CO)C(O)/C=C/CCCCCCCCCCCCCCCCCCCCCCCCC. The van der Waals surface area contributed by atoms with Crippen molar-refractivity contribution in [3.63, 3.8) is 0 Å². The normalized spacial score (nSPS) is 12.7. The highest BCUT2D eigenvalue weighted by atomic mass is 16.5. The number of aliphatic hydroxyl groups excluding tert-OH is 2. The van der Waals surface area contributed by atoms with Crippen molar-refractivity contribution in [1.29, 1.82) is 0 Å². The molecular weight excluding hydrogens is 1190 g/mol. The molecule has 0 aromatic rings. The Hall–Kier alpha value is -2.44. The highest BCUT2D eigenvalue weighted by Gasteiger charge is 2.18. The van der Waals surface area contributed by atoms with Crippen LogP contribution in [0.5, 0.6) is 0 Å². The zero-order valence-electron chi connectivity index (χ0n) is 65.6. The Morgan fingerprint density at radius 1 is 0.289 bits per heavy atom. The van der Waals surface area contributed by atoms with Gasteiger partial charge in [0.1, 0.15) is 0 Å². The van der Waals surface area contributed by atoms with Crippen LogP contribution in [-0.2, 0) is 14.3 Å². The van der Waals surface area contributed by atoms with Gasteiger partial charge >= 0.3 is 5.97 Å². The number of aliphatic hydroxyl groups is 2. The summed E-state index contributed by atoms with van der Waals surface area (Å²) in [6, 6.07) is -0.628. The summed E-state index contributed by atoms with van der Waals surface area (Å²) in [7, 11) is 0. The molecule has 1 amide bonds. The van der Waals surface area contributed by atoms with Gasteiger partial charge in [0.25, 0.3) is 0 Å². The van der Waals surface area contributed by atoms with Crippen LogP contribution in [0.15, 0.2) is 60.8 Å². The van der Waals surface area contributed by atoms with Crippen molar-refractivity contribution in [3.8, 4) is 0 Å². The second-order valence-corrected chi connectivity index (χ2v) is 30.2. The molecule has 0 aliphatic carbocycles. The lowest BCUT2D eigenvalue weighted by Gasteiger charge is -2.20. The van der Waals surface area contributed by atoms with Gasteiger partial charge < -0.3 is 20.3 Å². The molecule has 2 unspecified atom stereocenters. The molecule has 0 radical (unpaired) electrons. The molecule has 97 heavy (non-hydrogen) atoms. The summed E-state index contributed by atoms with van der Waals surface area (Å²) in [5.74, 6) is -0.0527. The highest BCUT2D eigenvalue weighted by molar-refractivity contribution is 5.76. The maximum Gasteiger partial charge on any atom is 0.305 e. The number of amides is 1. The number of rotatable bonds is 83. The van der Waals surface area contributed by atoms with Crippen LogP contribution in [0, 0.1) is 0 Å². The van der Waals surface area contributed by atoms with Gasteiger partial charge in [-0.2, -0.15) is 0 Å². The third kappa shape index (κ3) is 82.4. The lowest BCUT2D eigenvalue weighted by molar-refractivity contribution is -0.143. The first kappa shape index (κ1) is 94.6. The summed E-state index contributed by atoms with van der Waals surface area (Å²) in [4.78, 5) is 24.7. The first-order valence-corrected chi connectivity index (χ1v) is 44.1. The molecule has 6 heteroatoms. The molecule has 0 rings (SSSR count). The van der Waals surface area contributed by atoms with Crippen LogP contribution in [0.25, 0.3) is 0 Å². The molecule has 0 fully saturated rings. The maximum atomic E-state index is 12.6. The fourth-order valence-electron chi connectivity index (χ4n) is 13.8. The number of carbonyl (C=O) groups excluding carboxylic acids is 2. The average Bonchev–Trinajstić information content (AvgIpc) is 3.72. The van der Waals surface area contributed by atoms with E-state index in [2.05, 4.69) is 67.8 Å². The summed E-state index contributed by atoms with van der Waals surface area (Å²) < 4.78 is 5.50. The molecule has 0 saturated carbocycles. The quantitative estimate of drug-likeness (QED) is 0.0320. The third-order valence-corrected chi connectivity index (χ3v) is 20.5. The van der Waals surface area contributed by atoms with E-state index >= 15 is 0 Å². The Labute approximate surface area is 607 Å². The molecule has 6 nitrogen and oxygen atoms in total. The van der Waals surface area contributed by atoms with Gasteiger partial charge in [-0.3, -0.25) is 9.59 Å². The van der Waals surface area contributed by atoms with Crippen molar-refractivity contribution >= 4 is 11.9 Å². The monoisotopic (exact) mass is 1360 g/mol. The van der Waals surface area contributed by atoms with Gasteiger partial charge in [-0.1, -0.05) is 434 Å². The van der Waals surface area contributed by atoms with Gasteiger partial charge in [0.05, 0.1) is 25.4 Å². The number of carbonyl (C=O) groups is 2. The predicted molar refractivity (Wildman–Crippen MR) is 430 cm³/mol. The molecule has 2 atom stereocenters. The average molecular weight is 1360 g/mol. The van der Waals surface area contributed by atoms with E-state index in [0.717, 1.165) is 57.8 Å². The number of unbranched alkanes of at least 4 members (excludes halogenated alkanes) is 64. The van der Waals surface area contributed by atoms with Gasteiger partial charge in [-0.05, 0) is 96.3 Å². The van der Waals surface area contributed by atoms with E-state index in [-0.39, 0.29) is 18.5 Å². The fraction of sp³-hybridized carbons (Fsp3) is 0.868. The minimum absolute atomic E-state index is 0.00708. The van der Waals surface area contributed by atoms with E-state index in [1.807, 2.05) is 6.08 Å². The molecular formula is C91H171NO5. The van der Waals surface area contributed by atoms with Crippen molar-refractivity contribution in [2.45, 2.75) is 495 Å². The fourth-order valence-corrected chi connectivity index (χ4v) is 13.8. The third-order valence-electron chi connectivity index (χ3n) is 20.5. The molecule has 0 aliphatic rings. The van der Waals surface area contributed by atoms with Crippen LogP contribution in [0.3, 0.4) is 0 Å². The summed E-state index contributed by atoms with van der Waals surface area (Å²) in [6.07, 6.45) is 117. The van der Waals surface area contributed by atoms with E-state index in [4.69, 9.17) is 4.74 Å². The van der Waals surface area contributed by atoms with Crippen LogP contribution in [0.4, 0.5) is 0 Å². The number of hydrogen-bond donors (Lipinski definition) is 3. The lowest BCUT2D eigenvalue weighted by atomic mass is 10.0. The molecule has 0 aromatic heterocycles. The van der Waals surface area contributed by atoms with E-state index in [1.54, 1.807) is 6.08 Å². The summed E-state index contributed by atoms with van der Waals surface area (Å²) in [5, 5.41) is 23.3. The minimum atomic E-state index is -0.845. The maximum absolute atomic E-state index is 12.6. The van der Waals surface area contributed by atoms with Crippen molar-refractivity contribution in [1.82, 2.24) is 5.32 Å². The number of allylic oxidation sites excluding steroid dienone is 9. The molecule has 0 aliphatic heterocycles. The first-order valence-electron chi connectivity index (χ1n) is 44.1. The Kier molecular flexibility index (Phi) is 83.8.